The van der Waals surface area contributed by atoms with Crippen molar-refractivity contribution in [1.29, 1.82) is 0 Å². The van der Waals surface area contributed by atoms with Crippen LogP contribution in [-0.4, -0.2) is 7.11 Å². The molecule has 1 unspecified atom stereocenters. The molecule has 0 saturated heterocycles. The molecule has 0 aliphatic heterocycles. The van der Waals surface area contributed by atoms with Gasteiger partial charge in [-0.25, -0.2) is 0 Å². The minimum absolute atomic E-state index is 0.465. The van der Waals surface area contributed by atoms with E-state index in [0.29, 0.717) is 5.92 Å². The SMILES string of the molecule is COc1ccc(Cl)cc1C1C=CCCC1. The molecular weight excluding hydrogens is 208 g/mol. The van der Waals surface area contributed by atoms with Crippen LogP contribution in [0.3, 0.4) is 0 Å². The van der Waals surface area contributed by atoms with Gasteiger partial charge in [-0.05, 0) is 37.5 Å². The Morgan fingerprint density at radius 2 is 2.27 bits per heavy atom. The van der Waals surface area contributed by atoms with E-state index in [9.17, 15) is 0 Å². The van der Waals surface area contributed by atoms with Crippen LogP contribution in [0.2, 0.25) is 5.02 Å². The Hall–Kier alpha value is -0.950. The third-order valence-corrected chi connectivity index (χ3v) is 3.08. The summed E-state index contributed by atoms with van der Waals surface area (Å²) < 4.78 is 5.36. The fourth-order valence-corrected chi connectivity index (χ4v) is 2.25. The van der Waals surface area contributed by atoms with E-state index in [1.807, 2.05) is 18.2 Å². The number of rotatable bonds is 2. The Morgan fingerprint density at radius 3 is 2.93 bits per heavy atom. The van der Waals surface area contributed by atoms with Crippen LogP contribution >= 0.6 is 11.6 Å². The van der Waals surface area contributed by atoms with Crippen LogP contribution in [-0.2, 0) is 0 Å². The molecule has 0 bridgehead atoms. The maximum Gasteiger partial charge on any atom is 0.122 e. The Labute approximate surface area is 95.7 Å². The van der Waals surface area contributed by atoms with Gasteiger partial charge in [0.25, 0.3) is 0 Å². The van der Waals surface area contributed by atoms with E-state index in [-0.39, 0.29) is 0 Å². The van der Waals surface area contributed by atoms with Crippen molar-refractivity contribution in [1.82, 2.24) is 0 Å². The lowest BCUT2D eigenvalue weighted by Crippen LogP contribution is -2.01. The number of halogens is 1. The topological polar surface area (TPSA) is 9.23 Å². The van der Waals surface area contributed by atoms with Crippen molar-refractivity contribution in [3.63, 3.8) is 0 Å². The Bertz CT molecular complexity index is 371. The van der Waals surface area contributed by atoms with Crippen molar-refractivity contribution in [2.45, 2.75) is 25.2 Å². The van der Waals surface area contributed by atoms with Crippen LogP contribution in [0.25, 0.3) is 0 Å². The maximum atomic E-state index is 6.01. The van der Waals surface area contributed by atoms with Crippen LogP contribution in [0.1, 0.15) is 30.7 Å². The van der Waals surface area contributed by atoms with E-state index < -0.39 is 0 Å². The van der Waals surface area contributed by atoms with Gasteiger partial charge in [-0.3, -0.25) is 0 Å². The second-order valence-corrected chi connectivity index (χ2v) is 4.29. The van der Waals surface area contributed by atoms with Gasteiger partial charge in [-0.2, -0.15) is 0 Å². The van der Waals surface area contributed by atoms with Gasteiger partial charge in [0.2, 0.25) is 0 Å². The lowest BCUT2D eigenvalue weighted by molar-refractivity contribution is 0.406. The molecule has 0 aromatic heterocycles. The summed E-state index contributed by atoms with van der Waals surface area (Å²) in [6.07, 6.45) is 8.13. The van der Waals surface area contributed by atoms with Crippen LogP contribution < -0.4 is 4.74 Å². The second kappa shape index (κ2) is 4.71. The predicted octanol–water partition coefficient (Wildman–Crippen LogP) is 4.17. The molecule has 1 aliphatic rings. The normalized spacial score (nSPS) is 20.3. The standard InChI is InChI=1S/C13H15ClO/c1-15-13-8-7-11(14)9-12(13)10-5-3-2-4-6-10/h3,5,7-10H,2,4,6H2,1H3. The summed E-state index contributed by atoms with van der Waals surface area (Å²) in [5, 5.41) is 0.782. The summed E-state index contributed by atoms with van der Waals surface area (Å²) >= 11 is 6.01. The average Bonchev–Trinajstić information content (AvgIpc) is 2.30. The molecule has 15 heavy (non-hydrogen) atoms. The zero-order valence-electron chi connectivity index (χ0n) is 8.87. The number of ether oxygens (including phenoxy) is 1. The summed E-state index contributed by atoms with van der Waals surface area (Å²) in [4.78, 5) is 0. The van der Waals surface area contributed by atoms with Crippen molar-refractivity contribution in [3.05, 3.63) is 40.9 Å². The van der Waals surface area contributed by atoms with E-state index in [0.717, 1.165) is 10.8 Å². The molecule has 0 spiro atoms. The summed E-state index contributed by atoms with van der Waals surface area (Å²) in [6.45, 7) is 0. The quantitative estimate of drug-likeness (QED) is 0.683. The van der Waals surface area contributed by atoms with Gasteiger partial charge < -0.3 is 4.74 Å². The zero-order valence-corrected chi connectivity index (χ0v) is 9.63. The molecular formula is C13H15ClO. The predicted molar refractivity (Wildman–Crippen MR) is 63.7 cm³/mol. The van der Waals surface area contributed by atoms with Crippen LogP contribution in [0.5, 0.6) is 5.75 Å². The van der Waals surface area contributed by atoms with Crippen molar-refractivity contribution >= 4 is 11.6 Å². The molecule has 0 radical (unpaired) electrons. The number of allylic oxidation sites excluding steroid dienone is 2. The number of methoxy groups -OCH3 is 1. The van der Waals surface area contributed by atoms with Gasteiger partial charge in [0, 0.05) is 16.5 Å². The number of hydrogen-bond donors (Lipinski definition) is 0. The highest BCUT2D eigenvalue weighted by molar-refractivity contribution is 6.30. The molecule has 0 fully saturated rings. The molecule has 0 amide bonds. The summed E-state index contributed by atoms with van der Waals surface area (Å²) in [5.41, 5.74) is 1.21. The van der Waals surface area contributed by atoms with Crippen LogP contribution in [0, 0.1) is 0 Å². The molecule has 2 heteroatoms. The molecule has 1 aromatic carbocycles. The first-order valence-corrected chi connectivity index (χ1v) is 5.69. The van der Waals surface area contributed by atoms with E-state index in [1.165, 1.54) is 24.8 Å². The summed E-state index contributed by atoms with van der Waals surface area (Å²) in [7, 11) is 1.71. The number of benzene rings is 1. The van der Waals surface area contributed by atoms with E-state index in [4.69, 9.17) is 16.3 Å². The largest absolute Gasteiger partial charge is 0.496 e. The molecule has 1 aliphatic carbocycles. The third kappa shape index (κ3) is 2.35. The molecule has 2 rings (SSSR count). The molecule has 0 N–H and O–H groups in total. The van der Waals surface area contributed by atoms with Gasteiger partial charge in [0.1, 0.15) is 5.75 Å². The minimum Gasteiger partial charge on any atom is -0.496 e. The number of hydrogen-bond acceptors (Lipinski definition) is 1. The molecule has 1 atom stereocenters. The first-order valence-electron chi connectivity index (χ1n) is 5.31. The first kappa shape index (κ1) is 10.6. The molecule has 80 valence electrons. The van der Waals surface area contributed by atoms with Crippen molar-refractivity contribution in [2.75, 3.05) is 7.11 Å². The Balaban J connectivity index is 2.35. The van der Waals surface area contributed by atoms with Gasteiger partial charge in [-0.1, -0.05) is 23.8 Å². The summed E-state index contributed by atoms with van der Waals surface area (Å²) in [6, 6.07) is 5.83. The third-order valence-electron chi connectivity index (χ3n) is 2.85. The van der Waals surface area contributed by atoms with Crippen LogP contribution in [0.4, 0.5) is 0 Å². The van der Waals surface area contributed by atoms with E-state index >= 15 is 0 Å². The Kier molecular flexibility index (Phi) is 3.32. The Morgan fingerprint density at radius 1 is 1.40 bits per heavy atom. The zero-order chi connectivity index (χ0) is 10.7. The van der Waals surface area contributed by atoms with Crippen LogP contribution in [0.15, 0.2) is 30.4 Å². The summed E-state index contributed by atoms with van der Waals surface area (Å²) in [5.74, 6) is 1.41. The van der Waals surface area contributed by atoms with E-state index in [1.54, 1.807) is 7.11 Å². The van der Waals surface area contributed by atoms with E-state index in [2.05, 4.69) is 12.2 Å². The minimum atomic E-state index is 0.465. The maximum absolute atomic E-state index is 6.01. The van der Waals surface area contributed by atoms with Crippen molar-refractivity contribution in [2.24, 2.45) is 0 Å². The van der Waals surface area contributed by atoms with Crippen molar-refractivity contribution in [3.8, 4) is 5.75 Å². The fourth-order valence-electron chi connectivity index (χ4n) is 2.07. The van der Waals surface area contributed by atoms with Crippen molar-refractivity contribution < 1.29 is 4.74 Å². The molecule has 0 heterocycles. The fraction of sp³-hybridized carbons (Fsp3) is 0.385. The lowest BCUT2D eigenvalue weighted by atomic mass is 9.89. The highest BCUT2D eigenvalue weighted by atomic mass is 35.5. The molecule has 0 saturated carbocycles. The highest BCUT2D eigenvalue weighted by Crippen LogP contribution is 2.35. The molecule has 1 nitrogen and oxygen atoms in total. The second-order valence-electron chi connectivity index (χ2n) is 3.85. The van der Waals surface area contributed by atoms with Gasteiger partial charge in [0.15, 0.2) is 0 Å². The first-order chi connectivity index (χ1) is 7.31. The van der Waals surface area contributed by atoms with Gasteiger partial charge in [0.05, 0.1) is 7.11 Å². The lowest BCUT2D eigenvalue weighted by Gasteiger charge is -2.19. The average molecular weight is 223 g/mol. The van der Waals surface area contributed by atoms with Gasteiger partial charge >= 0.3 is 0 Å². The highest BCUT2D eigenvalue weighted by Gasteiger charge is 2.15. The van der Waals surface area contributed by atoms with Gasteiger partial charge in [-0.15, -0.1) is 0 Å². The smallest absolute Gasteiger partial charge is 0.122 e. The monoisotopic (exact) mass is 222 g/mol. The molecule has 1 aromatic rings.